The zero-order valence-electron chi connectivity index (χ0n) is 16.2. The van der Waals surface area contributed by atoms with E-state index in [2.05, 4.69) is 15.2 Å². The maximum Gasteiger partial charge on any atom is 0.267 e. The Morgan fingerprint density at radius 3 is 2.21 bits per heavy atom. The second-order valence-electron chi connectivity index (χ2n) is 5.74. The standard InChI is InChI=1S/C17H14F3N3O3S.C2H6/c1-9-3-5-13(12(19)7-9)22-17-14(6-4-11(18)16(17)20)23-27(24,25)15-8-21-26-10(15)2;1-2/h3-8,22-23H,1-2H3;1-2H3. The first kappa shape index (κ1) is 22.3. The van der Waals surface area contributed by atoms with Crippen LogP contribution < -0.4 is 10.0 Å². The summed E-state index contributed by atoms with van der Waals surface area (Å²) in [7, 11) is -4.19. The lowest BCUT2D eigenvalue weighted by molar-refractivity contribution is 0.394. The number of hydrogen-bond donors (Lipinski definition) is 2. The molecule has 156 valence electrons. The lowest BCUT2D eigenvalue weighted by Gasteiger charge is -2.15. The Morgan fingerprint density at radius 2 is 1.62 bits per heavy atom. The molecular formula is C19H20F3N3O3S. The summed E-state index contributed by atoms with van der Waals surface area (Å²) in [6, 6.07) is 5.87. The Balaban J connectivity index is 0.00000145. The van der Waals surface area contributed by atoms with Gasteiger partial charge in [0.2, 0.25) is 0 Å². The monoisotopic (exact) mass is 427 g/mol. The first-order valence-electron chi connectivity index (χ1n) is 8.64. The molecule has 0 bridgehead atoms. The van der Waals surface area contributed by atoms with Crippen LogP contribution in [0.3, 0.4) is 0 Å². The number of nitrogens with zero attached hydrogens (tertiary/aromatic N) is 1. The van der Waals surface area contributed by atoms with Gasteiger partial charge in [-0.15, -0.1) is 0 Å². The fraction of sp³-hybridized carbons (Fsp3) is 0.211. The molecule has 6 nitrogen and oxygen atoms in total. The molecule has 0 aliphatic carbocycles. The van der Waals surface area contributed by atoms with Gasteiger partial charge in [0.05, 0.1) is 17.6 Å². The minimum Gasteiger partial charge on any atom is -0.360 e. The van der Waals surface area contributed by atoms with E-state index < -0.39 is 33.2 Å². The second kappa shape index (κ2) is 8.99. The van der Waals surface area contributed by atoms with Crippen LogP contribution in [0.2, 0.25) is 0 Å². The van der Waals surface area contributed by atoms with Crippen LogP contribution in [-0.2, 0) is 10.0 Å². The Morgan fingerprint density at radius 1 is 0.966 bits per heavy atom. The summed E-state index contributed by atoms with van der Waals surface area (Å²) >= 11 is 0. The molecular weight excluding hydrogens is 407 g/mol. The van der Waals surface area contributed by atoms with E-state index in [0.29, 0.717) is 5.56 Å². The predicted octanol–water partition coefficient (Wildman–Crippen LogP) is 5.28. The van der Waals surface area contributed by atoms with Gasteiger partial charge in [0.15, 0.2) is 17.4 Å². The third-order valence-electron chi connectivity index (χ3n) is 3.72. The maximum absolute atomic E-state index is 14.3. The van der Waals surface area contributed by atoms with Gasteiger partial charge in [-0.1, -0.05) is 25.1 Å². The van der Waals surface area contributed by atoms with E-state index in [0.717, 1.165) is 18.3 Å². The molecule has 0 saturated carbocycles. The summed E-state index contributed by atoms with van der Waals surface area (Å²) in [6.45, 7) is 7.05. The first-order valence-corrected chi connectivity index (χ1v) is 10.1. The zero-order valence-corrected chi connectivity index (χ0v) is 17.0. The predicted molar refractivity (Wildman–Crippen MR) is 104 cm³/mol. The molecule has 1 heterocycles. The topological polar surface area (TPSA) is 84.2 Å². The van der Waals surface area contributed by atoms with Crippen molar-refractivity contribution < 1.29 is 26.1 Å². The van der Waals surface area contributed by atoms with Gasteiger partial charge in [0, 0.05) is 0 Å². The van der Waals surface area contributed by atoms with Crippen LogP contribution in [0.15, 0.2) is 45.9 Å². The average Bonchev–Trinajstić information content (AvgIpc) is 3.11. The highest BCUT2D eigenvalue weighted by Crippen LogP contribution is 2.33. The van der Waals surface area contributed by atoms with Crippen molar-refractivity contribution >= 4 is 27.1 Å². The van der Waals surface area contributed by atoms with E-state index in [4.69, 9.17) is 4.52 Å². The molecule has 0 spiro atoms. The second-order valence-corrected chi connectivity index (χ2v) is 7.39. The van der Waals surface area contributed by atoms with Crippen molar-refractivity contribution in [3.63, 3.8) is 0 Å². The molecule has 29 heavy (non-hydrogen) atoms. The first-order chi connectivity index (χ1) is 13.7. The van der Waals surface area contributed by atoms with Gasteiger partial charge >= 0.3 is 0 Å². The molecule has 0 fully saturated rings. The fourth-order valence-electron chi connectivity index (χ4n) is 2.36. The van der Waals surface area contributed by atoms with Crippen LogP contribution in [0.5, 0.6) is 0 Å². The molecule has 2 N–H and O–H groups in total. The number of rotatable bonds is 5. The summed E-state index contributed by atoms with van der Waals surface area (Å²) < 4.78 is 73.9. The SMILES string of the molecule is CC.Cc1ccc(Nc2c(NS(=O)(=O)c3cnoc3C)ccc(F)c2F)c(F)c1. The molecule has 0 unspecified atom stereocenters. The van der Waals surface area contributed by atoms with Gasteiger partial charge in [-0.2, -0.15) is 0 Å². The van der Waals surface area contributed by atoms with Crippen molar-refractivity contribution in [2.24, 2.45) is 0 Å². The Labute approximate surface area is 166 Å². The lowest BCUT2D eigenvalue weighted by atomic mass is 10.2. The van der Waals surface area contributed by atoms with Gasteiger partial charge in [0.1, 0.15) is 16.4 Å². The highest BCUT2D eigenvalue weighted by Gasteiger charge is 2.24. The number of sulfonamides is 1. The van der Waals surface area contributed by atoms with E-state index >= 15 is 0 Å². The summed E-state index contributed by atoms with van der Waals surface area (Å²) in [5.41, 5.74) is -0.391. The number of benzene rings is 2. The smallest absolute Gasteiger partial charge is 0.267 e. The summed E-state index contributed by atoms with van der Waals surface area (Å²) in [6.07, 6.45) is 0.976. The number of anilines is 3. The van der Waals surface area contributed by atoms with Gasteiger partial charge in [-0.05, 0) is 43.7 Å². The fourth-order valence-corrected chi connectivity index (χ4v) is 3.53. The number of hydrogen-bond acceptors (Lipinski definition) is 5. The molecule has 0 radical (unpaired) electrons. The number of aryl methyl sites for hydroxylation is 2. The highest BCUT2D eigenvalue weighted by atomic mass is 32.2. The summed E-state index contributed by atoms with van der Waals surface area (Å²) in [5, 5.41) is 5.78. The van der Waals surface area contributed by atoms with Crippen molar-refractivity contribution in [3.8, 4) is 0 Å². The van der Waals surface area contributed by atoms with Crippen LogP contribution >= 0.6 is 0 Å². The number of halogens is 3. The normalized spacial score (nSPS) is 10.9. The van der Waals surface area contributed by atoms with Crippen molar-refractivity contribution in [2.75, 3.05) is 10.0 Å². The summed E-state index contributed by atoms with van der Waals surface area (Å²) in [4.78, 5) is -0.264. The van der Waals surface area contributed by atoms with Gasteiger partial charge in [0.25, 0.3) is 10.0 Å². The van der Waals surface area contributed by atoms with Crippen LogP contribution in [0.25, 0.3) is 0 Å². The van der Waals surface area contributed by atoms with Crippen molar-refractivity contribution in [1.29, 1.82) is 0 Å². The van der Waals surface area contributed by atoms with Crippen LogP contribution in [0, 0.1) is 31.3 Å². The largest absolute Gasteiger partial charge is 0.360 e. The molecule has 0 amide bonds. The molecule has 0 atom stereocenters. The van der Waals surface area contributed by atoms with E-state index in [1.54, 1.807) is 13.0 Å². The van der Waals surface area contributed by atoms with Crippen molar-refractivity contribution in [3.05, 3.63) is 65.3 Å². The molecule has 0 aliphatic rings. The number of nitrogens with one attached hydrogen (secondary N) is 2. The van der Waals surface area contributed by atoms with Crippen molar-refractivity contribution in [1.82, 2.24) is 5.16 Å². The molecule has 0 aliphatic heterocycles. The van der Waals surface area contributed by atoms with Gasteiger partial charge < -0.3 is 9.84 Å². The highest BCUT2D eigenvalue weighted by molar-refractivity contribution is 7.92. The summed E-state index contributed by atoms with van der Waals surface area (Å²) in [5.74, 6) is -3.28. The van der Waals surface area contributed by atoms with Crippen molar-refractivity contribution in [2.45, 2.75) is 32.6 Å². The van der Waals surface area contributed by atoms with Crippen LogP contribution in [-0.4, -0.2) is 13.6 Å². The third kappa shape index (κ3) is 4.89. The van der Waals surface area contributed by atoms with Gasteiger partial charge in [-0.25, -0.2) is 21.6 Å². The minimum absolute atomic E-state index is 0.0178. The molecule has 1 aromatic heterocycles. The maximum atomic E-state index is 14.3. The third-order valence-corrected chi connectivity index (χ3v) is 5.18. The molecule has 3 aromatic rings. The van der Waals surface area contributed by atoms with E-state index in [1.165, 1.54) is 19.1 Å². The molecule has 3 rings (SSSR count). The lowest BCUT2D eigenvalue weighted by Crippen LogP contribution is -2.15. The Bertz CT molecular complexity index is 1120. The quantitative estimate of drug-likeness (QED) is 0.579. The van der Waals surface area contributed by atoms with Crippen LogP contribution in [0.1, 0.15) is 25.2 Å². The molecule has 0 saturated heterocycles. The Kier molecular flexibility index (Phi) is 6.91. The van der Waals surface area contributed by atoms with E-state index in [1.807, 2.05) is 13.8 Å². The van der Waals surface area contributed by atoms with E-state index in [-0.39, 0.29) is 22.0 Å². The number of aromatic nitrogens is 1. The van der Waals surface area contributed by atoms with E-state index in [9.17, 15) is 21.6 Å². The molecule has 2 aromatic carbocycles. The average molecular weight is 427 g/mol. The van der Waals surface area contributed by atoms with Crippen LogP contribution in [0.4, 0.5) is 30.2 Å². The Hall–Kier alpha value is -3.01. The zero-order chi connectivity index (χ0) is 21.8. The minimum atomic E-state index is -4.19. The van der Waals surface area contributed by atoms with Gasteiger partial charge in [-0.3, -0.25) is 4.72 Å². The molecule has 10 heteroatoms.